The van der Waals surface area contributed by atoms with E-state index in [0.717, 1.165) is 154 Å². The molecular weight excluding hydrogens is 913 g/mol. The summed E-state index contributed by atoms with van der Waals surface area (Å²) in [5, 5.41) is 0. The Bertz CT molecular complexity index is 1690. The Balaban J connectivity index is 4.46. The van der Waals surface area contributed by atoms with Crippen LogP contribution in [0.25, 0.3) is 0 Å². The quantitative estimate of drug-likeness (QED) is 0.0261. The third-order valence-corrected chi connectivity index (χ3v) is 11.7. The number of ether oxygens (including phenoxy) is 3. The third-order valence-electron chi connectivity index (χ3n) is 11.7. The van der Waals surface area contributed by atoms with Crippen LogP contribution in [0.4, 0.5) is 0 Å². The molecule has 0 N–H and O–H groups in total. The highest BCUT2D eigenvalue weighted by Gasteiger charge is 2.19. The number of hydrogen-bond donors (Lipinski definition) is 0. The zero-order valence-corrected chi connectivity index (χ0v) is 47.3. The van der Waals surface area contributed by atoms with E-state index < -0.39 is 6.10 Å². The molecule has 74 heavy (non-hydrogen) atoms. The molecule has 0 saturated heterocycles. The molecule has 0 rings (SSSR count). The van der Waals surface area contributed by atoms with Crippen molar-refractivity contribution in [3.05, 3.63) is 158 Å². The van der Waals surface area contributed by atoms with Crippen LogP contribution in [0.15, 0.2) is 158 Å². The van der Waals surface area contributed by atoms with E-state index in [9.17, 15) is 14.4 Å². The smallest absolute Gasteiger partial charge is 0.306 e. The Morgan fingerprint density at radius 1 is 0.284 bits per heavy atom. The van der Waals surface area contributed by atoms with E-state index >= 15 is 0 Å². The molecule has 414 valence electrons. The van der Waals surface area contributed by atoms with E-state index in [1.54, 1.807) is 0 Å². The molecule has 0 spiro atoms. The summed E-state index contributed by atoms with van der Waals surface area (Å²) in [5.74, 6) is -1.01. The van der Waals surface area contributed by atoms with Crippen LogP contribution < -0.4 is 0 Å². The monoisotopic (exact) mass is 1020 g/mol. The predicted molar refractivity (Wildman–Crippen MR) is 320 cm³/mol. The van der Waals surface area contributed by atoms with Crippen molar-refractivity contribution in [2.75, 3.05) is 13.2 Å². The molecule has 6 nitrogen and oxygen atoms in total. The number of hydrogen-bond acceptors (Lipinski definition) is 6. The van der Waals surface area contributed by atoms with Crippen molar-refractivity contribution in [3.8, 4) is 0 Å². The van der Waals surface area contributed by atoms with Gasteiger partial charge in [0.1, 0.15) is 13.2 Å². The summed E-state index contributed by atoms with van der Waals surface area (Å²) in [7, 11) is 0. The normalized spacial score (nSPS) is 13.3. The maximum atomic E-state index is 12.8. The van der Waals surface area contributed by atoms with Gasteiger partial charge in [-0.1, -0.05) is 230 Å². The van der Waals surface area contributed by atoms with Gasteiger partial charge in [-0.2, -0.15) is 0 Å². The summed E-state index contributed by atoms with van der Waals surface area (Å²) in [5.41, 5.74) is 0. The van der Waals surface area contributed by atoms with Gasteiger partial charge in [-0.25, -0.2) is 0 Å². The van der Waals surface area contributed by atoms with Crippen molar-refractivity contribution in [2.45, 2.75) is 239 Å². The van der Waals surface area contributed by atoms with Crippen molar-refractivity contribution in [3.63, 3.8) is 0 Å². The number of carbonyl (C=O) groups is 3. The zero-order valence-electron chi connectivity index (χ0n) is 47.3. The summed E-state index contributed by atoms with van der Waals surface area (Å²) in [6.45, 7) is 6.30. The highest BCUT2D eigenvalue weighted by atomic mass is 16.6. The Morgan fingerprint density at radius 3 is 0.892 bits per heavy atom. The van der Waals surface area contributed by atoms with Crippen molar-refractivity contribution in [1.82, 2.24) is 0 Å². The lowest BCUT2D eigenvalue weighted by atomic mass is 10.1. The highest BCUT2D eigenvalue weighted by Crippen LogP contribution is 2.13. The van der Waals surface area contributed by atoms with Gasteiger partial charge in [-0.3, -0.25) is 14.4 Å². The van der Waals surface area contributed by atoms with Gasteiger partial charge >= 0.3 is 17.9 Å². The predicted octanol–water partition coefficient (Wildman–Crippen LogP) is 20.1. The maximum absolute atomic E-state index is 12.8. The number of esters is 3. The van der Waals surface area contributed by atoms with Crippen LogP contribution in [0.1, 0.15) is 233 Å². The molecule has 1 atom stereocenters. The van der Waals surface area contributed by atoms with Crippen molar-refractivity contribution < 1.29 is 28.6 Å². The van der Waals surface area contributed by atoms with Gasteiger partial charge in [0.05, 0.1) is 0 Å². The van der Waals surface area contributed by atoms with Gasteiger partial charge in [0.2, 0.25) is 0 Å². The molecule has 6 heteroatoms. The molecule has 0 aliphatic heterocycles. The fourth-order valence-electron chi connectivity index (χ4n) is 7.39. The lowest BCUT2D eigenvalue weighted by Crippen LogP contribution is -2.30. The summed E-state index contributed by atoms with van der Waals surface area (Å²) in [4.78, 5) is 38.1. The molecule has 0 fully saturated rings. The molecular formula is C68H106O6. The van der Waals surface area contributed by atoms with E-state index in [-0.39, 0.29) is 44.0 Å². The van der Waals surface area contributed by atoms with Crippen LogP contribution in [0, 0.1) is 0 Å². The van der Waals surface area contributed by atoms with E-state index in [0.29, 0.717) is 12.8 Å². The van der Waals surface area contributed by atoms with Gasteiger partial charge in [-0.05, 0) is 141 Å². The van der Waals surface area contributed by atoms with Crippen LogP contribution in [0.2, 0.25) is 0 Å². The Hall–Kier alpha value is -4.97. The fraction of sp³-hybridized carbons (Fsp3) is 0.574. The van der Waals surface area contributed by atoms with Gasteiger partial charge < -0.3 is 14.2 Å². The van der Waals surface area contributed by atoms with Crippen molar-refractivity contribution >= 4 is 17.9 Å². The summed E-state index contributed by atoms with van der Waals surface area (Å²) in [6, 6.07) is 0. The highest BCUT2D eigenvalue weighted by molar-refractivity contribution is 5.71. The van der Waals surface area contributed by atoms with E-state index in [1.165, 1.54) is 32.1 Å². The van der Waals surface area contributed by atoms with Crippen molar-refractivity contribution in [1.29, 1.82) is 0 Å². The standard InChI is InChI=1S/C68H106O6/c1-4-7-10-13-16-19-22-25-27-28-29-30-31-32-33-34-35-36-37-38-39-40-42-43-46-49-52-55-58-61-67(70)73-64-65(63-72-66(69)60-57-54-51-48-45-24-21-18-15-12-9-6-3)74-68(71)62-59-56-53-50-47-44-41-26-23-20-17-14-11-8-5-2/h7-8,10-11,16-21,25-27,29-30,32-33,35-36,38-39,41-43,49,52,65H,4-6,9,12-15,22-24,28,31,34,37,40,44-48,50-51,53-64H2,1-3H3/b10-7-,11-8-,19-16-,20-17-,21-18-,27-25-,30-29-,33-32-,36-35-,39-38-,41-26-,43-42-,52-49-. The SMILES string of the molecule is CC/C=C\C/C=C\C/C=C\C/C=C\C/C=C\C/C=C\C/C=C\C/C=C\C/C=C\CCCC(=O)OCC(COC(=O)CCCCCCC/C=C\CCCCC)OC(=O)CCCCCCC/C=C\C/C=C\C/C=C\CC. The fourth-order valence-corrected chi connectivity index (χ4v) is 7.39. The van der Waals surface area contributed by atoms with E-state index in [1.807, 2.05) is 0 Å². The van der Waals surface area contributed by atoms with Gasteiger partial charge in [0.15, 0.2) is 6.10 Å². The second kappa shape index (κ2) is 60.6. The lowest BCUT2D eigenvalue weighted by Gasteiger charge is -2.18. The molecule has 0 amide bonds. The molecule has 0 aliphatic rings. The Morgan fingerprint density at radius 2 is 0.541 bits per heavy atom. The van der Waals surface area contributed by atoms with Crippen LogP contribution in [-0.4, -0.2) is 37.2 Å². The van der Waals surface area contributed by atoms with Crippen molar-refractivity contribution in [2.24, 2.45) is 0 Å². The minimum atomic E-state index is -0.821. The van der Waals surface area contributed by atoms with Gasteiger partial charge in [0, 0.05) is 19.3 Å². The first-order valence-corrected chi connectivity index (χ1v) is 29.5. The molecule has 0 radical (unpaired) electrons. The molecule has 0 saturated carbocycles. The minimum Gasteiger partial charge on any atom is -0.462 e. The largest absolute Gasteiger partial charge is 0.462 e. The molecule has 0 aliphatic carbocycles. The number of rotatable bonds is 51. The average Bonchev–Trinajstić information content (AvgIpc) is 3.40. The second-order valence-electron chi connectivity index (χ2n) is 18.8. The van der Waals surface area contributed by atoms with Gasteiger partial charge in [-0.15, -0.1) is 0 Å². The minimum absolute atomic E-state index is 0.114. The number of carbonyl (C=O) groups excluding carboxylic acids is 3. The molecule has 1 unspecified atom stereocenters. The lowest BCUT2D eigenvalue weighted by molar-refractivity contribution is -0.167. The molecule has 0 aromatic heterocycles. The summed E-state index contributed by atoms with van der Waals surface area (Å²) >= 11 is 0. The molecule has 0 aromatic carbocycles. The molecule has 0 bridgehead atoms. The summed E-state index contributed by atoms with van der Waals surface area (Å²) < 4.78 is 16.8. The number of allylic oxidation sites excluding steroid dienone is 26. The second-order valence-corrected chi connectivity index (χ2v) is 18.8. The first-order chi connectivity index (χ1) is 36.5. The Kier molecular flexibility index (Phi) is 56.5. The van der Waals surface area contributed by atoms with Crippen LogP contribution in [0.5, 0.6) is 0 Å². The summed E-state index contributed by atoms with van der Waals surface area (Å²) in [6.07, 6.45) is 88.2. The van der Waals surface area contributed by atoms with Gasteiger partial charge in [0.25, 0.3) is 0 Å². The van der Waals surface area contributed by atoms with Crippen LogP contribution in [0.3, 0.4) is 0 Å². The van der Waals surface area contributed by atoms with Crippen LogP contribution >= 0.6 is 0 Å². The molecule has 0 aromatic rings. The maximum Gasteiger partial charge on any atom is 0.306 e. The first kappa shape index (κ1) is 69.0. The average molecular weight is 1020 g/mol. The zero-order chi connectivity index (χ0) is 53.6. The first-order valence-electron chi connectivity index (χ1n) is 29.5. The number of unbranched alkanes of at least 4 members (excludes halogenated alkanes) is 14. The molecule has 0 heterocycles. The third kappa shape index (κ3) is 57.9. The van der Waals surface area contributed by atoms with E-state index in [4.69, 9.17) is 14.2 Å². The Labute approximate surface area is 454 Å². The van der Waals surface area contributed by atoms with Crippen LogP contribution in [-0.2, 0) is 28.6 Å². The van der Waals surface area contributed by atoms with E-state index in [2.05, 4.69) is 179 Å². The topological polar surface area (TPSA) is 78.9 Å².